The van der Waals surface area contributed by atoms with Crippen molar-refractivity contribution in [2.24, 2.45) is 4.99 Å². The molecule has 0 spiro atoms. The number of ether oxygens (including phenoxy) is 1. The molecule has 3 aromatic rings. The first kappa shape index (κ1) is 26.3. The Labute approximate surface area is 235 Å². The van der Waals surface area contributed by atoms with Gasteiger partial charge in [-0.05, 0) is 124 Å². The number of nitrogens with zero attached hydrogens (tertiary/aromatic N) is 2. The van der Waals surface area contributed by atoms with Crippen LogP contribution in [-0.2, 0) is 4.79 Å². The van der Waals surface area contributed by atoms with Crippen LogP contribution in [0.3, 0.4) is 0 Å². The highest BCUT2D eigenvalue weighted by molar-refractivity contribution is 9.11. The van der Waals surface area contributed by atoms with E-state index in [-0.39, 0.29) is 5.91 Å². The van der Waals surface area contributed by atoms with Gasteiger partial charge in [-0.1, -0.05) is 35.3 Å². The Morgan fingerprint density at radius 3 is 2.23 bits per heavy atom. The molecule has 0 radical (unpaired) electrons. The first-order chi connectivity index (χ1) is 16.7. The molecule has 180 valence electrons. The van der Waals surface area contributed by atoms with E-state index >= 15 is 0 Å². The SMILES string of the molecule is CCOc1c(Br)cc(/C=C2/SC(=Nc3ccc(C)c(Cl)c3)N(c3ccc(C)c(Cl)c3)C2=O)cc1Br. The molecule has 4 rings (SSSR count). The third-order valence-corrected chi connectivity index (χ3v) is 8.17. The van der Waals surface area contributed by atoms with Crippen molar-refractivity contribution in [3.05, 3.63) is 89.1 Å². The summed E-state index contributed by atoms with van der Waals surface area (Å²) in [5, 5.41) is 1.71. The lowest BCUT2D eigenvalue weighted by Gasteiger charge is -2.16. The predicted octanol–water partition coefficient (Wildman–Crippen LogP) is 9.34. The summed E-state index contributed by atoms with van der Waals surface area (Å²) in [7, 11) is 0. The van der Waals surface area contributed by atoms with Crippen LogP contribution in [0.25, 0.3) is 6.08 Å². The number of rotatable bonds is 5. The van der Waals surface area contributed by atoms with Gasteiger partial charge in [0.25, 0.3) is 5.91 Å². The molecule has 1 aliphatic rings. The average Bonchev–Trinajstić information content (AvgIpc) is 3.10. The van der Waals surface area contributed by atoms with Crippen LogP contribution >= 0.6 is 66.8 Å². The van der Waals surface area contributed by atoms with Crippen LogP contribution in [0.5, 0.6) is 5.75 Å². The maximum absolute atomic E-state index is 13.6. The molecule has 0 saturated carbocycles. The number of halogens is 4. The molecule has 3 aromatic carbocycles. The first-order valence-corrected chi connectivity index (χ1v) is 13.8. The van der Waals surface area contributed by atoms with Crippen LogP contribution in [0.1, 0.15) is 23.6 Å². The molecular weight excluding hydrogens is 635 g/mol. The zero-order valence-corrected chi connectivity index (χ0v) is 24.5. The average molecular weight is 655 g/mol. The lowest BCUT2D eigenvalue weighted by atomic mass is 10.2. The zero-order chi connectivity index (χ0) is 25.3. The van der Waals surface area contributed by atoms with E-state index in [9.17, 15) is 4.79 Å². The number of hydrogen-bond acceptors (Lipinski definition) is 4. The fourth-order valence-corrected chi connectivity index (χ4v) is 6.16. The smallest absolute Gasteiger partial charge is 0.271 e. The van der Waals surface area contributed by atoms with Crippen molar-refractivity contribution in [1.82, 2.24) is 0 Å². The monoisotopic (exact) mass is 652 g/mol. The molecule has 1 heterocycles. The normalized spacial score (nSPS) is 16.0. The summed E-state index contributed by atoms with van der Waals surface area (Å²) in [6.07, 6.45) is 1.84. The molecule has 0 bridgehead atoms. The molecule has 1 fully saturated rings. The van der Waals surface area contributed by atoms with E-state index in [1.165, 1.54) is 11.8 Å². The van der Waals surface area contributed by atoms with Crippen molar-refractivity contribution in [2.75, 3.05) is 11.5 Å². The fourth-order valence-electron chi connectivity index (χ4n) is 3.36. The van der Waals surface area contributed by atoms with E-state index in [1.54, 1.807) is 17.0 Å². The summed E-state index contributed by atoms with van der Waals surface area (Å²) < 4.78 is 7.26. The molecule has 1 amide bonds. The topological polar surface area (TPSA) is 41.9 Å². The van der Waals surface area contributed by atoms with Crippen LogP contribution in [0.4, 0.5) is 11.4 Å². The Morgan fingerprint density at radius 2 is 1.63 bits per heavy atom. The second-order valence-corrected chi connectivity index (χ2v) is 11.3. The fraction of sp³-hybridized carbons (Fsp3) is 0.154. The lowest BCUT2D eigenvalue weighted by molar-refractivity contribution is -0.113. The van der Waals surface area contributed by atoms with Gasteiger partial charge in [0.05, 0.1) is 31.8 Å². The predicted molar refractivity (Wildman–Crippen MR) is 156 cm³/mol. The Balaban J connectivity index is 1.79. The van der Waals surface area contributed by atoms with E-state index in [0.29, 0.717) is 38.1 Å². The first-order valence-electron chi connectivity index (χ1n) is 10.6. The molecule has 1 aliphatic heterocycles. The number of amides is 1. The number of benzene rings is 3. The van der Waals surface area contributed by atoms with Crippen LogP contribution in [-0.4, -0.2) is 17.7 Å². The number of hydrogen-bond donors (Lipinski definition) is 0. The summed E-state index contributed by atoms with van der Waals surface area (Å²) in [5.74, 6) is 0.530. The number of carbonyl (C=O) groups excluding carboxylic acids is 1. The van der Waals surface area contributed by atoms with Crippen molar-refractivity contribution in [2.45, 2.75) is 20.8 Å². The third-order valence-electron chi connectivity index (χ3n) is 5.21. The number of aliphatic imine (C=N–C) groups is 1. The maximum Gasteiger partial charge on any atom is 0.271 e. The van der Waals surface area contributed by atoms with E-state index in [4.69, 9.17) is 32.9 Å². The van der Waals surface area contributed by atoms with Crippen LogP contribution in [0.15, 0.2) is 67.4 Å². The minimum Gasteiger partial charge on any atom is -0.492 e. The van der Waals surface area contributed by atoms with Gasteiger partial charge in [-0.25, -0.2) is 4.99 Å². The van der Waals surface area contributed by atoms with E-state index < -0.39 is 0 Å². The highest BCUT2D eigenvalue weighted by Crippen LogP contribution is 2.40. The summed E-state index contributed by atoms with van der Waals surface area (Å²) in [6.45, 7) is 6.32. The van der Waals surface area contributed by atoms with Crippen molar-refractivity contribution >= 4 is 95.3 Å². The van der Waals surface area contributed by atoms with Crippen LogP contribution in [0.2, 0.25) is 10.0 Å². The van der Waals surface area contributed by atoms with Gasteiger partial charge in [-0.2, -0.15) is 0 Å². The molecule has 0 aromatic heterocycles. The van der Waals surface area contributed by atoms with Crippen molar-refractivity contribution in [3.63, 3.8) is 0 Å². The molecule has 35 heavy (non-hydrogen) atoms. The minimum atomic E-state index is -0.187. The van der Waals surface area contributed by atoms with Crippen LogP contribution in [0, 0.1) is 13.8 Å². The largest absolute Gasteiger partial charge is 0.492 e. The summed E-state index contributed by atoms with van der Waals surface area (Å²) in [6, 6.07) is 14.9. The molecule has 0 aliphatic carbocycles. The maximum atomic E-state index is 13.6. The summed E-state index contributed by atoms with van der Waals surface area (Å²) in [4.78, 5) is 20.5. The molecule has 0 N–H and O–H groups in total. The molecular formula is C26H20Br2Cl2N2O2S. The van der Waals surface area contributed by atoms with Gasteiger partial charge in [0.2, 0.25) is 0 Å². The van der Waals surface area contributed by atoms with Gasteiger partial charge in [0, 0.05) is 10.0 Å². The van der Waals surface area contributed by atoms with Crippen LogP contribution < -0.4 is 9.64 Å². The Hall–Kier alpha value is -1.77. The summed E-state index contributed by atoms with van der Waals surface area (Å²) in [5.41, 5.74) is 4.03. The molecule has 1 saturated heterocycles. The quantitative estimate of drug-likeness (QED) is 0.258. The third kappa shape index (κ3) is 5.81. The zero-order valence-electron chi connectivity index (χ0n) is 19.0. The van der Waals surface area contributed by atoms with Crippen molar-refractivity contribution in [3.8, 4) is 5.75 Å². The molecule has 0 atom stereocenters. The summed E-state index contributed by atoms with van der Waals surface area (Å²) >= 11 is 21.1. The number of anilines is 1. The van der Waals surface area contributed by atoms with Crippen molar-refractivity contribution in [1.29, 1.82) is 0 Å². The highest BCUT2D eigenvalue weighted by atomic mass is 79.9. The Morgan fingerprint density at radius 1 is 1.00 bits per heavy atom. The second kappa shape index (κ2) is 11.1. The van der Waals surface area contributed by atoms with Crippen molar-refractivity contribution < 1.29 is 9.53 Å². The van der Waals surface area contributed by atoms with E-state index in [2.05, 4.69) is 31.9 Å². The lowest BCUT2D eigenvalue weighted by Crippen LogP contribution is -2.28. The van der Waals surface area contributed by atoms with Gasteiger partial charge in [0.15, 0.2) is 5.17 Å². The molecule has 4 nitrogen and oxygen atoms in total. The van der Waals surface area contributed by atoms with Gasteiger partial charge in [0.1, 0.15) is 5.75 Å². The molecule has 0 unspecified atom stereocenters. The minimum absolute atomic E-state index is 0.187. The molecule has 9 heteroatoms. The van der Waals surface area contributed by atoms with E-state index in [0.717, 1.165) is 31.4 Å². The van der Waals surface area contributed by atoms with Gasteiger partial charge < -0.3 is 4.74 Å². The van der Waals surface area contributed by atoms with Gasteiger partial charge in [-0.15, -0.1) is 0 Å². The van der Waals surface area contributed by atoms with E-state index in [1.807, 2.05) is 63.2 Å². The Kier molecular flexibility index (Phi) is 8.34. The standard InChI is InChI=1S/C26H20Br2Cl2N2O2S/c1-4-34-24-19(27)9-16(10-20(24)28)11-23-25(33)32(18-8-6-15(3)22(30)13-18)26(35-23)31-17-7-5-14(2)21(29)12-17/h5-13H,4H2,1-3H3/b23-11+,31-26?. The number of carbonyl (C=O) groups is 1. The van der Waals surface area contributed by atoms with Gasteiger partial charge >= 0.3 is 0 Å². The Bertz CT molecular complexity index is 1370. The number of thioether (sulfide) groups is 1. The van der Waals surface area contributed by atoms with Gasteiger partial charge in [-0.3, -0.25) is 9.69 Å². The number of amidine groups is 1. The number of aryl methyl sites for hydroxylation is 2. The second-order valence-electron chi connectivity index (χ2n) is 7.76. The highest BCUT2D eigenvalue weighted by Gasteiger charge is 2.35.